The molecule has 6 heteroatoms. The molecule has 3 aromatic carbocycles. The Labute approximate surface area is 192 Å². The Morgan fingerprint density at radius 3 is 2.39 bits per heavy atom. The zero-order valence-electron chi connectivity index (χ0n) is 18.6. The number of nitrogens with one attached hydrogen (secondary N) is 1. The third kappa shape index (κ3) is 3.74. The zero-order valence-corrected chi connectivity index (χ0v) is 18.6. The van der Waals surface area contributed by atoms with Crippen LogP contribution in [-0.2, 0) is 6.54 Å². The lowest BCUT2D eigenvalue weighted by Gasteiger charge is -2.27. The molecule has 1 aliphatic heterocycles. The van der Waals surface area contributed by atoms with Gasteiger partial charge in [-0.1, -0.05) is 66.7 Å². The second kappa shape index (κ2) is 8.82. The number of hydrogen-bond donors (Lipinski definition) is 1. The minimum atomic E-state index is -0.314. The number of H-pyrrole nitrogens is 1. The number of amides is 1. The lowest BCUT2D eigenvalue weighted by atomic mass is 9.95. The Kier molecular flexibility index (Phi) is 5.57. The van der Waals surface area contributed by atoms with Gasteiger partial charge in [0.15, 0.2) is 11.5 Å². The van der Waals surface area contributed by atoms with E-state index in [0.717, 1.165) is 27.9 Å². The lowest BCUT2D eigenvalue weighted by Crippen LogP contribution is -2.29. The number of aromatic nitrogens is 2. The molecular formula is C27H25N3O3. The molecule has 1 aromatic heterocycles. The quantitative estimate of drug-likeness (QED) is 0.428. The van der Waals surface area contributed by atoms with E-state index in [4.69, 9.17) is 9.47 Å². The molecule has 0 aliphatic carbocycles. The number of carbonyl (C=O) groups excluding carboxylic acids is 1. The van der Waals surface area contributed by atoms with E-state index in [0.29, 0.717) is 30.3 Å². The maximum absolute atomic E-state index is 13.6. The van der Waals surface area contributed by atoms with Crippen LogP contribution in [0.5, 0.6) is 11.5 Å². The van der Waals surface area contributed by atoms with Crippen LogP contribution in [0.15, 0.2) is 78.9 Å². The summed E-state index contributed by atoms with van der Waals surface area (Å²) in [5.74, 6) is 1.25. The first-order valence-electron chi connectivity index (χ1n) is 11.0. The number of rotatable bonds is 7. The second-order valence-corrected chi connectivity index (χ2v) is 7.89. The number of carbonyl (C=O) groups is 1. The van der Waals surface area contributed by atoms with Crippen LogP contribution in [0.1, 0.15) is 40.1 Å². The molecule has 0 fully saturated rings. The molecule has 0 saturated heterocycles. The van der Waals surface area contributed by atoms with E-state index >= 15 is 0 Å². The molecule has 1 unspecified atom stereocenters. The molecule has 166 valence electrons. The first kappa shape index (κ1) is 20.8. The van der Waals surface area contributed by atoms with Gasteiger partial charge in [-0.15, -0.1) is 0 Å². The molecule has 0 spiro atoms. The van der Waals surface area contributed by atoms with Crippen molar-refractivity contribution in [2.45, 2.75) is 19.5 Å². The van der Waals surface area contributed by atoms with Crippen molar-refractivity contribution in [3.63, 3.8) is 0 Å². The minimum Gasteiger partial charge on any atom is -0.493 e. The smallest absolute Gasteiger partial charge is 0.273 e. The van der Waals surface area contributed by atoms with Crippen molar-refractivity contribution in [2.24, 2.45) is 0 Å². The van der Waals surface area contributed by atoms with Gasteiger partial charge in [0.25, 0.3) is 5.91 Å². The highest BCUT2D eigenvalue weighted by atomic mass is 16.5. The number of fused-ring (bicyclic) bond motifs is 1. The van der Waals surface area contributed by atoms with Gasteiger partial charge in [-0.05, 0) is 30.2 Å². The maximum atomic E-state index is 13.6. The van der Waals surface area contributed by atoms with Crippen molar-refractivity contribution in [1.29, 1.82) is 0 Å². The van der Waals surface area contributed by atoms with Crippen LogP contribution >= 0.6 is 0 Å². The molecule has 33 heavy (non-hydrogen) atoms. The fraction of sp³-hybridized carbons (Fsp3) is 0.185. The van der Waals surface area contributed by atoms with E-state index in [2.05, 4.69) is 10.2 Å². The Bertz CT molecular complexity index is 1270. The average molecular weight is 440 g/mol. The van der Waals surface area contributed by atoms with Crippen LogP contribution in [0.2, 0.25) is 0 Å². The molecule has 0 radical (unpaired) electrons. The molecule has 5 rings (SSSR count). The largest absolute Gasteiger partial charge is 0.493 e. The molecule has 0 bridgehead atoms. The number of aromatic amines is 1. The van der Waals surface area contributed by atoms with Gasteiger partial charge in [-0.25, -0.2) is 0 Å². The Morgan fingerprint density at radius 1 is 0.970 bits per heavy atom. The summed E-state index contributed by atoms with van der Waals surface area (Å²) in [5, 5.41) is 7.55. The van der Waals surface area contributed by atoms with Crippen LogP contribution in [0.3, 0.4) is 0 Å². The molecule has 1 aliphatic rings. The van der Waals surface area contributed by atoms with Crippen molar-refractivity contribution in [3.8, 4) is 22.8 Å². The van der Waals surface area contributed by atoms with Gasteiger partial charge in [-0.2, -0.15) is 5.10 Å². The fourth-order valence-corrected chi connectivity index (χ4v) is 4.43. The van der Waals surface area contributed by atoms with Crippen molar-refractivity contribution < 1.29 is 14.3 Å². The molecule has 1 amide bonds. The number of methoxy groups -OCH3 is 1. The van der Waals surface area contributed by atoms with Crippen LogP contribution in [0.25, 0.3) is 11.3 Å². The molecule has 6 nitrogen and oxygen atoms in total. The van der Waals surface area contributed by atoms with Crippen molar-refractivity contribution >= 4 is 5.91 Å². The molecule has 0 saturated carbocycles. The second-order valence-electron chi connectivity index (χ2n) is 7.89. The summed E-state index contributed by atoms with van der Waals surface area (Å²) in [6.07, 6.45) is 0. The van der Waals surface area contributed by atoms with Gasteiger partial charge >= 0.3 is 0 Å². The summed E-state index contributed by atoms with van der Waals surface area (Å²) in [6.45, 7) is 2.97. The standard InChI is InChI=1S/C27H25N3O3/c1-3-33-21-15-14-20(16-22(21)32-2)26-23-24(19-12-8-5-9-13-19)28-29-25(23)27(31)30(26)17-18-10-6-4-7-11-18/h4-16,26H,3,17H2,1-2H3,(H,28,29). The summed E-state index contributed by atoms with van der Waals surface area (Å²) in [5.41, 5.74) is 5.17. The van der Waals surface area contributed by atoms with E-state index in [1.54, 1.807) is 7.11 Å². The molecular weight excluding hydrogens is 414 g/mol. The first-order chi connectivity index (χ1) is 16.2. The summed E-state index contributed by atoms with van der Waals surface area (Å²) in [7, 11) is 1.63. The van der Waals surface area contributed by atoms with E-state index in [1.807, 2.05) is 90.7 Å². The SMILES string of the molecule is CCOc1ccc(C2c3c(-c4ccccc4)n[nH]c3C(=O)N2Cc2ccccc2)cc1OC. The maximum Gasteiger partial charge on any atom is 0.273 e. The van der Waals surface area contributed by atoms with Crippen molar-refractivity contribution in [2.75, 3.05) is 13.7 Å². The molecule has 1 atom stereocenters. The zero-order chi connectivity index (χ0) is 22.8. The molecule has 1 N–H and O–H groups in total. The lowest BCUT2D eigenvalue weighted by molar-refractivity contribution is 0.0730. The van der Waals surface area contributed by atoms with Gasteiger partial charge in [0.05, 0.1) is 25.5 Å². The molecule has 4 aromatic rings. The van der Waals surface area contributed by atoms with Gasteiger partial charge in [0, 0.05) is 17.7 Å². The summed E-state index contributed by atoms with van der Waals surface area (Å²) >= 11 is 0. The van der Waals surface area contributed by atoms with Gasteiger partial charge < -0.3 is 14.4 Å². The van der Waals surface area contributed by atoms with Crippen LogP contribution < -0.4 is 9.47 Å². The normalized spacial score (nSPS) is 14.9. The number of hydrogen-bond acceptors (Lipinski definition) is 4. The Hall–Kier alpha value is -4.06. The monoisotopic (exact) mass is 439 g/mol. The number of benzene rings is 3. The van der Waals surface area contributed by atoms with Crippen LogP contribution in [0.4, 0.5) is 0 Å². The topological polar surface area (TPSA) is 67.5 Å². The highest BCUT2D eigenvalue weighted by Crippen LogP contribution is 2.45. The summed E-state index contributed by atoms with van der Waals surface area (Å²) in [4.78, 5) is 15.4. The van der Waals surface area contributed by atoms with Gasteiger partial charge in [0.2, 0.25) is 0 Å². The third-order valence-electron chi connectivity index (χ3n) is 5.91. The third-order valence-corrected chi connectivity index (χ3v) is 5.91. The summed E-state index contributed by atoms with van der Waals surface area (Å²) in [6, 6.07) is 25.5. The predicted octanol–water partition coefficient (Wildman–Crippen LogP) is 5.23. The first-order valence-corrected chi connectivity index (χ1v) is 11.0. The molecule has 2 heterocycles. The predicted molar refractivity (Wildman–Crippen MR) is 126 cm³/mol. The Balaban J connectivity index is 1.65. The van der Waals surface area contributed by atoms with Crippen molar-refractivity contribution in [1.82, 2.24) is 15.1 Å². The van der Waals surface area contributed by atoms with Gasteiger partial charge in [-0.3, -0.25) is 9.89 Å². The summed E-state index contributed by atoms with van der Waals surface area (Å²) < 4.78 is 11.3. The number of ether oxygens (including phenoxy) is 2. The van der Waals surface area contributed by atoms with E-state index in [1.165, 1.54) is 0 Å². The minimum absolute atomic E-state index is 0.0682. The van der Waals surface area contributed by atoms with E-state index in [-0.39, 0.29) is 11.9 Å². The van der Waals surface area contributed by atoms with Crippen LogP contribution in [-0.4, -0.2) is 34.7 Å². The Morgan fingerprint density at radius 2 is 1.70 bits per heavy atom. The highest BCUT2D eigenvalue weighted by Gasteiger charge is 2.42. The highest BCUT2D eigenvalue weighted by molar-refractivity contribution is 6.00. The van der Waals surface area contributed by atoms with E-state index < -0.39 is 0 Å². The fourth-order valence-electron chi connectivity index (χ4n) is 4.43. The van der Waals surface area contributed by atoms with Crippen molar-refractivity contribution in [3.05, 3.63) is 101 Å². The van der Waals surface area contributed by atoms with Gasteiger partial charge in [0.1, 0.15) is 5.69 Å². The van der Waals surface area contributed by atoms with E-state index in [9.17, 15) is 4.79 Å². The number of nitrogens with zero attached hydrogens (tertiary/aromatic N) is 2. The van der Waals surface area contributed by atoms with Crippen LogP contribution in [0, 0.1) is 0 Å². The average Bonchev–Trinajstić information content (AvgIpc) is 3.40.